The van der Waals surface area contributed by atoms with Crippen LogP contribution in [0.2, 0.25) is 0 Å². The highest BCUT2D eigenvalue weighted by Crippen LogP contribution is 2.16. The minimum absolute atomic E-state index is 0.0441. The number of likely N-dealkylation sites (N-methyl/N-ethyl adjacent to an activating group) is 2. The number of carbonyl (C=O) groups excluding carboxylic acids is 2. The van der Waals surface area contributed by atoms with Crippen molar-refractivity contribution in [3.8, 4) is 11.5 Å². The maximum absolute atomic E-state index is 12.9. The molecule has 0 aliphatic carbocycles. The number of nitrogens with one attached hydrogen (secondary N) is 1. The average Bonchev–Trinajstić information content (AvgIpc) is 2.72. The van der Waals surface area contributed by atoms with Crippen molar-refractivity contribution in [2.45, 2.75) is 6.42 Å². The number of methoxy groups -OCH3 is 1. The number of anilines is 1. The molecular weight excluding hydrogens is 389 g/mol. The van der Waals surface area contributed by atoms with Crippen LogP contribution in [-0.4, -0.2) is 69.1 Å². The van der Waals surface area contributed by atoms with Gasteiger partial charge in [-0.2, -0.15) is 0 Å². The minimum atomic E-state index is -0.304. The molecule has 8 heteroatoms. The normalized spacial score (nSPS) is 10.6. The standard InChI is InChI=1S/C22H28FN3O4/c1-25(12-5-13-30-19-10-8-17(23)9-11-19)16-22(28)26(2)15-21(27)24-18-6-4-7-20(14-18)29-3/h4,6-11,14H,5,12-13,15-16H2,1-3H3,(H,24,27). The first-order valence-electron chi connectivity index (χ1n) is 9.62. The van der Waals surface area contributed by atoms with E-state index in [0.29, 0.717) is 36.8 Å². The highest BCUT2D eigenvalue weighted by molar-refractivity contribution is 5.94. The lowest BCUT2D eigenvalue weighted by Gasteiger charge is -2.21. The first-order chi connectivity index (χ1) is 14.4. The lowest BCUT2D eigenvalue weighted by molar-refractivity contribution is -0.134. The molecule has 0 unspecified atom stereocenters. The van der Waals surface area contributed by atoms with E-state index in [4.69, 9.17) is 9.47 Å². The fourth-order valence-corrected chi connectivity index (χ4v) is 2.69. The monoisotopic (exact) mass is 417 g/mol. The predicted molar refractivity (Wildman–Crippen MR) is 113 cm³/mol. The molecule has 0 aromatic heterocycles. The highest BCUT2D eigenvalue weighted by Gasteiger charge is 2.15. The van der Waals surface area contributed by atoms with Gasteiger partial charge >= 0.3 is 0 Å². The fraction of sp³-hybridized carbons (Fsp3) is 0.364. The number of hydrogen-bond donors (Lipinski definition) is 1. The Bertz CT molecular complexity index is 829. The molecule has 0 bridgehead atoms. The number of amides is 2. The zero-order chi connectivity index (χ0) is 21.9. The maximum Gasteiger partial charge on any atom is 0.243 e. The van der Waals surface area contributed by atoms with E-state index in [0.717, 1.165) is 0 Å². The SMILES string of the molecule is COc1cccc(NC(=O)CN(C)C(=O)CN(C)CCCOc2ccc(F)cc2)c1. The van der Waals surface area contributed by atoms with E-state index in [1.165, 1.54) is 17.0 Å². The Morgan fingerprint density at radius 1 is 1.03 bits per heavy atom. The second-order valence-electron chi connectivity index (χ2n) is 6.92. The van der Waals surface area contributed by atoms with Gasteiger partial charge in [-0.3, -0.25) is 14.5 Å². The Kier molecular flexibility index (Phi) is 9.08. The quantitative estimate of drug-likeness (QED) is 0.569. The van der Waals surface area contributed by atoms with Gasteiger partial charge in [0.1, 0.15) is 17.3 Å². The first kappa shape index (κ1) is 23.2. The van der Waals surface area contributed by atoms with Crippen molar-refractivity contribution in [2.24, 2.45) is 0 Å². The predicted octanol–water partition coefficient (Wildman–Crippen LogP) is 2.63. The summed E-state index contributed by atoms with van der Waals surface area (Å²) >= 11 is 0. The van der Waals surface area contributed by atoms with Gasteiger partial charge in [-0.1, -0.05) is 6.07 Å². The molecule has 0 saturated carbocycles. The molecule has 0 fully saturated rings. The second kappa shape index (κ2) is 11.8. The van der Waals surface area contributed by atoms with Gasteiger partial charge in [0.2, 0.25) is 11.8 Å². The molecule has 0 aliphatic heterocycles. The summed E-state index contributed by atoms with van der Waals surface area (Å²) in [5.41, 5.74) is 0.610. The van der Waals surface area contributed by atoms with Gasteiger partial charge in [-0.05, 0) is 49.9 Å². The average molecular weight is 417 g/mol. The van der Waals surface area contributed by atoms with E-state index >= 15 is 0 Å². The van der Waals surface area contributed by atoms with Crippen LogP contribution < -0.4 is 14.8 Å². The third-order valence-electron chi connectivity index (χ3n) is 4.33. The van der Waals surface area contributed by atoms with Gasteiger partial charge in [0.25, 0.3) is 0 Å². The Labute approximate surface area is 176 Å². The van der Waals surface area contributed by atoms with Crippen molar-refractivity contribution >= 4 is 17.5 Å². The molecular formula is C22H28FN3O4. The van der Waals surface area contributed by atoms with Gasteiger partial charge in [-0.25, -0.2) is 4.39 Å². The van der Waals surface area contributed by atoms with Crippen molar-refractivity contribution in [2.75, 3.05) is 52.8 Å². The van der Waals surface area contributed by atoms with Gasteiger partial charge < -0.3 is 19.7 Å². The van der Waals surface area contributed by atoms with E-state index in [2.05, 4.69) is 5.32 Å². The summed E-state index contributed by atoms with van der Waals surface area (Å²) in [6.07, 6.45) is 0.710. The molecule has 2 amide bonds. The Balaban J connectivity index is 1.66. The molecule has 0 atom stereocenters. The van der Waals surface area contributed by atoms with Crippen LogP contribution in [0.5, 0.6) is 11.5 Å². The number of nitrogens with zero attached hydrogens (tertiary/aromatic N) is 2. The molecule has 30 heavy (non-hydrogen) atoms. The molecule has 1 N–H and O–H groups in total. The van der Waals surface area contributed by atoms with Crippen LogP contribution in [0.3, 0.4) is 0 Å². The maximum atomic E-state index is 12.9. The molecule has 7 nitrogen and oxygen atoms in total. The van der Waals surface area contributed by atoms with Gasteiger partial charge in [0.15, 0.2) is 0 Å². The summed E-state index contributed by atoms with van der Waals surface area (Å²) in [6.45, 7) is 1.26. The lowest BCUT2D eigenvalue weighted by atomic mass is 10.3. The Morgan fingerprint density at radius 2 is 1.77 bits per heavy atom. The lowest BCUT2D eigenvalue weighted by Crippen LogP contribution is -2.41. The van der Waals surface area contributed by atoms with E-state index in [1.54, 1.807) is 50.6 Å². The first-order valence-corrected chi connectivity index (χ1v) is 9.62. The third kappa shape index (κ3) is 8.08. The van der Waals surface area contributed by atoms with Crippen molar-refractivity contribution < 1.29 is 23.5 Å². The molecule has 0 spiro atoms. The summed E-state index contributed by atoms with van der Waals surface area (Å²) in [5, 5.41) is 2.75. The molecule has 0 heterocycles. The molecule has 0 radical (unpaired) electrons. The zero-order valence-electron chi connectivity index (χ0n) is 17.6. The summed E-state index contributed by atoms with van der Waals surface area (Å²) in [6, 6.07) is 12.9. The van der Waals surface area contributed by atoms with E-state index < -0.39 is 0 Å². The number of benzene rings is 2. The molecule has 2 aromatic rings. The smallest absolute Gasteiger partial charge is 0.243 e. The van der Waals surface area contributed by atoms with Crippen LogP contribution in [-0.2, 0) is 9.59 Å². The number of ether oxygens (including phenoxy) is 2. The summed E-state index contributed by atoms with van der Waals surface area (Å²) in [4.78, 5) is 27.8. The van der Waals surface area contributed by atoms with Crippen LogP contribution in [0.4, 0.5) is 10.1 Å². The summed E-state index contributed by atoms with van der Waals surface area (Å²) < 4.78 is 23.5. The zero-order valence-corrected chi connectivity index (χ0v) is 17.6. The van der Waals surface area contributed by atoms with E-state index in [9.17, 15) is 14.0 Å². The summed E-state index contributed by atoms with van der Waals surface area (Å²) in [7, 11) is 4.98. The molecule has 2 aromatic carbocycles. The van der Waals surface area contributed by atoms with Crippen LogP contribution >= 0.6 is 0 Å². The minimum Gasteiger partial charge on any atom is -0.497 e. The third-order valence-corrected chi connectivity index (χ3v) is 4.33. The highest BCUT2D eigenvalue weighted by atomic mass is 19.1. The number of rotatable bonds is 11. The number of halogens is 1. The largest absolute Gasteiger partial charge is 0.497 e. The van der Waals surface area contributed by atoms with Gasteiger partial charge in [-0.15, -0.1) is 0 Å². The molecule has 0 saturated heterocycles. The fourth-order valence-electron chi connectivity index (χ4n) is 2.69. The number of carbonyl (C=O) groups is 2. The van der Waals surface area contributed by atoms with Crippen LogP contribution in [0.1, 0.15) is 6.42 Å². The molecule has 2 rings (SSSR count). The van der Waals surface area contributed by atoms with Crippen LogP contribution in [0.25, 0.3) is 0 Å². The van der Waals surface area contributed by atoms with Gasteiger partial charge in [0, 0.05) is 25.3 Å². The Hall–Kier alpha value is -3.13. The molecule has 0 aliphatic rings. The van der Waals surface area contributed by atoms with E-state index in [-0.39, 0.29) is 30.7 Å². The van der Waals surface area contributed by atoms with Crippen molar-refractivity contribution in [1.29, 1.82) is 0 Å². The summed E-state index contributed by atoms with van der Waals surface area (Å²) in [5.74, 6) is 0.508. The second-order valence-corrected chi connectivity index (χ2v) is 6.92. The Morgan fingerprint density at radius 3 is 2.47 bits per heavy atom. The van der Waals surface area contributed by atoms with Crippen molar-refractivity contribution in [1.82, 2.24) is 9.80 Å². The van der Waals surface area contributed by atoms with Crippen molar-refractivity contribution in [3.63, 3.8) is 0 Å². The van der Waals surface area contributed by atoms with E-state index in [1.807, 2.05) is 11.9 Å². The molecule has 162 valence electrons. The topological polar surface area (TPSA) is 71.1 Å². The number of hydrogen-bond acceptors (Lipinski definition) is 5. The van der Waals surface area contributed by atoms with Crippen molar-refractivity contribution in [3.05, 3.63) is 54.3 Å². The van der Waals surface area contributed by atoms with Crippen LogP contribution in [0, 0.1) is 5.82 Å². The van der Waals surface area contributed by atoms with Gasteiger partial charge in [0.05, 0.1) is 26.8 Å². The van der Waals surface area contributed by atoms with Crippen LogP contribution in [0.15, 0.2) is 48.5 Å².